The first kappa shape index (κ1) is 14.2. The molecule has 0 spiro atoms. The Morgan fingerprint density at radius 1 is 1.41 bits per heavy atom. The number of nitrogens with zero attached hydrogens (tertiary/aromatic N) is 1. The number of hydrogen-bond acceptors (Lipinski definition) is 2. The topological polar surface area (TPSA) is 20.3 Å². The Kier molecular flexibility index (Phi) is 5.66. The maximum atomic E-state index is 12.0. The lowest BCUT2D eigenvalue weighted by Crippen LogP contribution is -2.32. The number of carbonyl (C=O) groups is 1. The van der Waals surface area contributed by atoms with Crippen LogP contribution >= 0.6 is 11.6 Å². The van der Waals surface area contributed by atoms with Gasteiger partial charge in [0.2, 0.25) is 0 Å². The van der Waals surface area contributed by atoms with E-state index in [2.05, 4.69) is 25.7 Å². The average Bonchev–Trinajstić information content (AvgIpc) is 2.29. The molecule has 1 aromatic rings. The number of rotatable bonds is 6. The lowest BCUT2D eigenvalue weighted by molar-refractivity contribution is 0.0958. The standard InChI is InChI=1S/C14H20ClNO/c1-4-16(11(2)3)9-8-14(17)12-6-5-7-13(15)10-12/h5-7,10-11H,4,8-9H2,1-3H3. The van der Waals surface area contributed by atoms with Gasteiger partial charge in [-0.25, -0.2) is 0 Å². The summed E-state index contributed by atoms with van der Waals surface area (Å²) in [5, 5.41) is 0.618. The van der Waals surface area contributed by atoms with Crippen LogP contribution < -0.4 is 0 Å². The van der Waals surface area contributed by atoms with E-state index in [1.165, 1.54) is 0 Å². The van der Waals surface area contributed by atoms with Crippen LogP contribution in [0.4, 0.5) is 0 Å². The van der Waals surface area contributed by atoms with E-state index in [0.717, 1.165) is 13.1 Å². The second-order valence-corrected chi connectivity index (χ2v) is 4.84. The molecular formula is C14H20ClNO. The predicted molar refractivity (Wildman–Crippen MR) is 72.8 cm³/mol. The van der Waals surface area contributed by atoms with Crippen molar-refractivity contribution in [3.8, 4) is 0 Å². The molecule has 0 atom stereocenters. The van der Waals surface area contributed by atoms with Crippen molar-refractivity contribution < 1.29 is 4.79 Å². The number of benzene rings is 1. The first-order chi connectivity index (χ1) is 8.04. The third kappa shape index (κ3) is 4.49. The van der Waals surface area contributed by atoms with Crippen molar-refractivity contribution in [3.05, 3.63) is 34.9 Å². The number of halogens is 1. The van der Waals surface area contributed by atoms with Crippen molar-refractivity contribution in [2.45, 2.75) is 33.2 Å². The minimum Gasteiger partial charge on any atom is -0.301 e. The molecule has 0 radical (unpaired) electrons. The van der Waals surface area contributed by atoms with Crippen LogP contribution in [0.1, 0.15) is 37.6 Å². The van der Waals surface area contributed by atoms with E-state index in [-0.39, 0.29) is 5.78 Å². The zero-order chi connectivity index (χ0) is 12.8. The highest BCUT2D eigenvalue weighted by atomic mass is 35.5. The number of carbonyl (C=O) groups excluding carboxylic acids is 1. The van der Waals surface area contributed by atoms with Crippen molar-refractivity contribution >= 4 is 17.4 Å². The van der Waals surface area contributed by atoms with Crippen molar-refractivity contribution in [2.75, 3.05) is 13.1 Å². The zero-order valence-corrected chi connectivity index (χ0v) is 11.5. The molecule has 17 heavy (non-hydrogen) atoms. The summed E-state index contributed by atoms with van der Waals surface area (Å²) in [6, 6.07) is 7.63. The third-order valence-corrected chi connectivity index (χ3v) is 3.14. The molecule has 1 rings (SSSR count). The minimum absolute atomic E-state index is 0.159. The molecule has 0 aliphatic carbocycles. The first-order valence-electron chi connectivity index (χ1n) is 6.07. The largest absolute Gasteiger partial charge is 0.301 e. The average molecular weight is 254 g/mol. The van der Waals surface area contributed by atoms with Gasteiger partial charge in [-0.05, 0) is 32.5 Å². The number of ketones is 1. The fraction of sp³-hybridized carbons (Fsp3) is 0.500. The van der Waals surface area contributed by atoms with Gasteiger partial charge in [-0.15, -0.1) is 0 Å². The molecule has 0 aromatic heterocycles. The summed E-state index contributed by atoms with van der Waals surface area (Å²) < 4.78 is 0. The Morgan fingerprint density at radius 3 is 2.65 bits per heavy atom. The summed E-state index contributed by atoms with van der Waals surface area (Å²) in [6.45, 7) is 8.19. The van der Waals surface area contributed by atoms with Gasteiger partial charge in [-0.2, -0.15) is 0 Å². The molecule has 0 N–H and O–H groups in total. The van der Waals surface area contributed by atoms with Crippen LogP contribution in [0, 0.1) is 0 Å². The van der Waals surface area contributed by atoms with E-state index in [1.807, 2.05) is 12.1 Å². The van der Waals surface area contributed by atoms with Gasteiger partial charge in [0.25, 0.3) is 0 Å². The fourth-order valence-electron chi connectivity index (χ4n) is 1.83. The highest BCUT2D eigenvalue weighted by molar-refractivity contribution is 6.31. The lowest BCUT2D eigenvalue weighted by atomic mass is 10.1. The van der Waals surface area contributed by atoms with Crippen LogP contribution in [0.25, 0.3) is 0 Å². The quantitative estimate of drug-likeness (QED) is 0.722. The molecule has 94 valence electrons. The maximum absolute atomic E-state index is 12.0. The summed E-state index contributed by atoms with van der Waals surface area (Å²) in [5.74, 6) is 0.159. The summed E-state index contributed by atoms with van der Waals surface area (Å²) in [4.78, 5) is 14.2. The lowest BCUT2D eigenvalue weighted by Gasteiger charge is -2.24. The molecule has 0 saturated heterocycles. The van der Waals surface area contributed by atoms with Gasteiger partial charge < -0.3 is 4.90 Å². The smallest absolute Gasteiger partial charge is 0.164 e. The molecule has 0 fully saturated rings. The summed E-state index contributed by atoms with van der Waals surface area (Å²) >= 11 is 5.87. The third-order valence-electron chi connectivity index (χ3n) is 2.91. The van der Waals surface area contributed by atoms with E-state index < -0.39 is 0 Å². The first-order valence-corrected chi connectivity index (χ1v) is 6.45. The molecule has 0 heterocycles. The Balaban J connectivity index is 2.55. The minimum atomic E-state index is 0.159. The molecule has 2 nitrogen and oxygen atoms in total. The SMILES string of the molecule is CCN(CCC(=O)c1cccc(Cl)c1)C(C)C. The zero-order valence-electron chi connectivity index (χ0n) is 10.7. The second-order valence-electron chi connectivity index (χ2n) is 4.41. The van der Waals surface area contributed by atoms with Crippen LogP contribution in [-0.4, -0.2) is 29.8 Å². The van der Waals surface area contributed by atoms with Crippen molar-refractivity contribution in [3.63, 3.8) is 0 Å². The van der Waals surface area contributed by atoms with E-state index in [9.17, 15) is 4.79 Å². The molecule has 0 saturated carbocycles. The van der Waals surface area contributed by atoms with E-state index >= 15 is 0 Å². The van der Waals surface area contributed by atoms with Crippen LogP contribution in [-0.2, 0) is 0 Å². The Bertz CT molecular complexity index is 376. The summed E-state index contributed by atoms with van der Waals surface area (Å²) in [5.41, 5.74) is 0.706. The Hall–Kier alpha value is -0.860. The fourth-order valence-corrected chi connectivity index (χ4v) is 2.02. The van der Waals surface area contributed by atoms with Gasteiger partial charge in [0.1, 0.15) is 0 Å². The molecule has 0 aliphatic heterocycles. The van der Waals surface area contributed by atoms with Gasteiger partial charge in [0.15, 0.2) is 5.78 Å². The predicted octanol–water partition coefficient (Wildman–Crippen LogP) is 3.64. The van der Waals surface area contributed by atoms with E-state index in [0.29, 0.717) is 23.0 Å². The summed E-state index contributed by atoms with van der Waals surface area (Å²) in [6.07, 6.45) is 0.548. The molecule has 0 amide bonds. The maximum Gasteiger partial charge on any atom is 0.164 e. The molecule has 0 aliphatic rings. The molecule has 1 aromatic carbocycles. The van der Waals surface area contributed by atoms with Crippen LogP contribution in [0.2, 0.25) is 5.02 Å². The van der Waals surface area contributed by atoms with Crippen molar-refractivity contribution in [1.29, 1.82) is 0 Å². The molecule has 0 bridgehead atoms. The monoisotopic (exact) mass is 253 g/mol. The number of Topliss-reactive ketones (excluding diaryl/α,β-unsaturated/α-hetero) is 1. The molecule has 0 unspecified atom stereocenters. The van der Waals surface area contributed by atoms with Crippen LogP contribution in [0.5, 0.6) is 0 Å². The molecule has 3 heteroatoms. The van der Waals surface area contributed by atoms with Gasteiger partial charge in [-0.3, -0.25) is 4.79 Å². The van der Waals surface area contributed by atoms with Gasteiger partial charge >= 0.3 is 0 Å². The van der Waals surface area contributed by atoms with Crippen molar-refractivity contribution in [1.82, 2.24) is 4.90 Å². The second kappa shape index (κ2) is 6.77. The van der Waals surface area contributed by atoms with Gasteiger partial charge in [0, 0.05) is 29.6 Å². The number of hydrogen-bond donors (Lipinski definition) is 0. The highest BCUT2D eigenvalue weighted by Gasteiger charge is 2.11. The van der Waals surface area contributed by atoms with E-state index in [4.69, 9.17) is 11.6 Å². The normalized spacial score (nSPS) is 11.2. The Labute approximate surface area is 109 Å². The Morgan fingerprint density at radius 2 is 2.12 bits per heavy atom. The molecular weight excluding hydrogens is 234 g/mol. The summed E-state index contributed by atoms with van der Waals surface area (Å²) in [7, 11) is 0. The van der Waals surface area contributed by atoms with Gasteiger partial charge in [0.05, 0.1) is 0 Å². The van der Waals surface area contributed by atoms with Crippen molar-refractivity contribution in [2.24, 2.45) is 0 Å². The van der Waals surface area contributed by atoms with Crippen LogP contribution in [0.3, 0.4) is 0 Å². The van der Waals surface area contributed by atoms with E-state index in [1.54, 1.807) is 12.1 Å². The van der Waals surface area contributed by atoms with Gasteiger partial charge in [-0.1, -0.05) is 30.7 Å². The highest BCUT2D eigenvalue weighted by Crippen LogP contribution is 2.12. The van der Waals surface area contributed by atoms with Crippen LogP contribution in [0.15, 0.2) is 24.3 Å².